The Morgan fingerprint density at radius 1 is 1.14 bits per heavy atom. The largest absolute Gasteiger partial charge is 0.401 e. The molecule has 0 aliphatic carbocycles. The molecule has 1 N–H and O–H groups in total. The van der Waals surface area contributed by atoms with E-state index in [9.17, 15) is 13.2 Å². The molecule has 0 heterocycles. The van der Waals surface area contributed by atoms with Crippen LogP contribution in [0.2, 0.25) is 0 Å². The average Bonchev–Trinajstić information content (AvgIpc) is 2.08. The zero-order valence-corrected chi connectivity index (χ0v) is 9.31. The molecule has 0 spiro atoms. The first-order valence-corrected chi connectivity index (χ1v) is 6.07. The number of hydrogen-bond acceptors (Lipinski definition) is 2. The highest BCUT2D eigenvalue weighted by atomic mass is 32.2. The van der Waals surface area contributed by atoms with Crippen molar-refractivity contribution < 1.29 is 13.2 Å². The fraction of sp³-hybridized carbons (Fsp3) is 1.00. The molecule has 0 aliphatic heterocycles. The van der Waals surface area contributed by atoms with E-state index in [-0.39, 0.29) is 0 Å². The molecule has 0 aromatic rings. The summed E-state index contributed by atoms with van der Waals surface area (Å²) in [6.07, 6.45) is -0.511. The third-order valence-electron chi connectivity index (χ3n) is 1.64. The molecule has 0 atom stereocenters. The fourth-order valence-corrected chi connectivity index (χ4v) is 1.83. The van der Waals surface area contributed by atoms with Gasteiger partial charge in [-0.25, -0.2) is 0 Å². The summed E-state index contributed by atoms with van der Waals surface area (Å²) in [7, 11) is 0. The minimum absolute atomic E-state index is 0.441. The van der Waals surface area contributed by atoms with Gasteiger partial charge in [0.25, 0.3) is 0 Å². The van der Waals surface area contributed by atoms with Gasteiger partial charge in [0.2, 0.25) is 0 Å². The first kappa shape index (κ1) is 14.1. The molecule has 0 radical (unpaired) electrons. The van der Waals surface area contributed by atoms with Crippen molar-refractivity contribution in [3.8, 4) is 0 Å². The maximum absolute atomic E-state index is 11.7. The summed E-state index contributed by atoms with van der Waals surface area (Å²) in [6.45, 7) is 1.70. The minimum Gasteiger partial charge on any atom is -0.308 e. The molecule has 0 rings (SSSR count). The molecule has 5 heteroatoms. The Kier molecular flexibility index (Phi) is 8.47. The van der Waals surface area contributed by atoms with Gasteiger partial charge in [-0.3, -0.25) is 0 Å². The monoisotopic (exact) mass is 229 g/mol. The molecule has 1 nitrogen and oxygen atoms in total. The Hall–Kier alpha value is 0.100. The zero-order chi connectivity index (χ0) is 10.9. The predicted molar refractivity (Wildman–Crippen MR) is 55.8 cm³/mol. The van der Waals surface area contributed by atoms with Gasteiger partial charge in [0.1, 0.15) is 0 Å². The maximum atomic E-state index is 11.7. The maximum Gasteiger partial charge on any atom is 0.401 e. The van der Waals surface area contributed by atoms with Gasteiger partial charge in [0.15, 0.2) is 0 Å². The Morgan fingerprint density at radius 3 is 2.43 bits per heavy atom. The Morgan fingerprint density at radius 2 is 1.86 bits per heavy atom. The number of nitrogens with one attached hydrogen (secondary N) is 1. The number of alkyl halides is 3. The van der Waals surface area contributed by atoms with Crippen LogP contribution in [-0.4, -0.2) is 30.8 Å². The summed E-state index contributed by atoms with van der Waals surface area (Å²) in [6, 6.07) is 0. The topological polar surface area (TPSA) is 12.0 Å². The van der Waals surface area contributed by atoms with Crippen LogP contribution < -0.4 is 5.32 Å². The number of thioether (sulfide) groups is 1. The summed E-state index contributed by atoms with van der Waals surface area (Å²) in [5.74, 6) is 1.82. The van der Waals surface area contributed by atoms with Crippen LogP contribution in [0.3, 0.4) is 0 Å². The van der Waals surface area contributed by atoms with E-state index in [4.69, 9.17) is 0 Å². The highest BCUT2D eigenvalue weighted by molar-refractivity contribution is 7.99. The van der Waals surface area contributed by atoms with Crippen molar-refractivity contribution in [2.75, 3.05) is 24.6 Å². The molecule has 0 saturated heterocycles. The van der Waals surface area contributed by atoms with Crippen LogP contribution in [0.1, 0.15) is 26.2 Å². The quantitative estimate of drug-likeness (QED) is 0.642. The zero-order valence-electron chi connectivity index (χ0n) is 8.49. The van der Waals surface area contributed by atoms with E-state index in [2.05, 4.69) is 12.2 Å². The van der Waals surface area contributed by atoms with E-state index in [1.165, 1.54) is 19.3 Å². The van der Waals surface area contributed by atoms with Crippen molar-refractivity contribution >= 4 is 11.8 Å². The normalized spacial score (nSPS) is 12.0. The molecular weight excluding hydrogens is 211 g/mol. The van der Waals surface area contributed by atoms with Crippen LogP contribution in [0.4, 0.5) is 13.2 Å². The first-order chi connectivity index (χ1) is 6.56. The van der Waals surface area contributed by atoms with Crippen LogP contribution in [0.25, 0.3) is 0 Å². The summed E-state index contributed by atoms with van der Waals surface area (Å²) < 4.78 is 35.0. The lowest BCUT2D eigenvalue weighted by molar-refractivity contribution is -0.124. The SMILES string of the molecule is CCCCCSCCNCC(F)(F)F. The fourth-order valence-electron chi connectivity index (χ4n) is 0.931. The van der Waals surface area contributed by atoms with E-state index in [1.807, 2.05) is 0 Å². The number of rotatable bonds is 8. The van der Waals surface area contributed by atoms with Crippen molar-refractivity contribution in [2.24, 2.45) is 0 Å². The molecular formula is C9H18F3NS. The number of hydrogen-bond donors (Lipinski definition) is 1. The second-order valence-electron chi connectivity index (χ2n) is 3.11. The molecule has 0 amide bonds. The lowest BCUT2D eigenvalue weighted by atomic mass is 10.3. The molecule has 0 saturated carbocycles. The number of halogens is 3. The van der Waals surface area contributed by atoms with Gasteiger partial charge in [-0.15, -0.1) is 0 Å². The smallest absolute Gasteiger partial charge is 0.308 e. The second kappa shape index (κ2) is 8.41. The molecule has 0 unspecified atom stereocenters. The van der Waals surface area contributed by atoms with E-state index in [1.54, 1.807) is 11.8 Å². The van der Waals surface area contributed by atoms with E-state index in [0.29, 0.717) is 6.54 Å². The summed E-state index contributed by atoms with van der Waals surface area (Å²) in [5, 5.41) is 2.37. The Bertz CT molecular complexity index is 128. The highest BCUT2D eigenvalue weighted by Gasteiger charge is 2.25. The van der Waals surface area contributed by atoms with Gasteiger partial charge >= 0.3 is 6.18 Å². The van der Waals surface area contributed by atoms with E-state index >= 15 is 0 Å². The van der Waals surface area contributed by atoms with Crippen molar-refractivity contribution in [1.29, 1.82) is 0 Å². The highest BCUT2D eigenvalue weighted by Crippen LogP contribution is 2.12. The first-order valence-electron chi connectivity index (χ1n) is 4.91. The molecule has 0 aromatic carbocycles. The van der Waals surface area contributed by atoms with Crippen molar-refractivity contribution in [1.82, 2.24) is 5.32 Å². The number of unbranched alkanes of at least 4 members (excludes halogenated alkanes) is 2. The van der Waals surface area contributed by atoms with Crippen LogP contribution in [0, 0.1) is 0 Å². The summed E-state index contributed by atoms with van der Waals surface area (Å²) in [5.41, 5.74) is 0. The van der Waals surface area contributed by atoms with Crippen LogP contribution >= 0.6 is 11.8 Å². The standard InChI is InChI=1S/C9H18F3NS/c1-2-3-4-6-14-7-5-13-8-9(10,11)12/h13H,2-8H2,1H3. The van der Waals surface area contributed by atoms with Gasteiger partial charge in [-0.05, 0) is 12.2 Å². The van der Waals surface area contributed by atoms with Crippen molar-refractivity contribution in [3.05, 3.63) is 0 Å². The Balaban J connectivity index is 2.99. The lowest BCUT2D eigenvalue weighted by Crippen LogP contribution is -2.30. The van der Waals surface area contributed by atoms with Crippen LogP contribution in [0.5, 0.6) is 0 Å². The van der Waals surface area contributed by atoms with Gasteiger partial charge in [0, 0.05) is 12.3 Å². The van der Waals surface area contributed by atoms with E-state index < -0.39 is 12.7 Å². The molecule has 0 fully saturated rings. The molecule has 86 valence electrons. The summed E-state index contributed by atoms with van der Waals surface area (Å²) >= 11 is 1.71. The van der Waals surface area contributed by atoms with Crippen LogP contribution in [-0.2, 0) is 0 Å². The third-order valence-corrected chi connectivity index (χ3v) is 2.71. The molecule has 14 heavy (non-hydrogen) atoms. The summed E-state index contributed by atoms with van der Waals surface area (Å²) in [4.78, 5) is 0. The third kappa shape index (κ3) is 12.1. The van der Waals surface area contributed by atoms with Gasteiger partial charge < -0.3 is 5.32 Å². The second-order valence-corrected chi connectivity index (χ2v) is 4.34. The van der Waals surface area contributed by atoms with Gasteiger partial charge in [0.05, 0.1) is 6.54 Å². The molecule has 0 aromatic heterocycles. The van der Waals surface area contributed by atoms with Gasteiger partial charge in [-0.2, -0.15) is 24.9 Å². The molecule has 0 bridgehead atoms. The predicted octanol–water partition coefficient (Wildman–Crippen LogP) is 3.06. The van der Waals surface area contributed by atoms with Crippen molar-refractivity contribution in [3.63, 3.8) is 0 Å². The van der Waals surface area contributed by atoms with Crippen molar-refractivity contribution in [2.45, 2.75) is 32.4 Å². The van der Waals surface area contributed by atoms with E-state index in [0.717, 1.165) is 11.5 Å². The van der Waals surface area contributed by atoms with Crippen LogP contribution in [0.15, 0.2) is 0 Å². The molecule has 0 aliphatic rings. The average molecular weight is 229 g/mol. The van der Waals surface area contributed by atoms with Gasteiger partial charge in [-0.1, -0.05) is 19.8 Å². The lowest BCUT2D eigenvalue weighted by Gasteiger charge is -2.07. The Labute approximate surface area is 87.8 Å². The minimum atomic E-state index is -4.08.